The van der Waals surface area contributed by atoms with Crippen LogP contribution in [0.2, 0.25) is 0 Å². The number of halogens is 2. The molecule has 3 rings (SSSR count). The Balaban J connectivity index is 1.98. The molecule has 2 heterocycles. The minimum absolute atomic E-state index is 0.140. The van der Waals surface area contributed by atoms with Crippen molar-refractivity contribution in [3.8, 4) is 11.1 Å². The van der Waals surface area contributed by atoms with E-state index >= 15 is 0 Å². The van der Waals surface area contributed by atoms with Crippen molar-refractivity contribution in [2.75, 3.05) is 12.4 Å². The average molecular weight is 485 g/mol. The fraction of sp³-hybridized carbons (Fsp3) is 0.0588. The van der Waals surface area contributed by atoms with E-state index in [-0.39, 0.29) is 5.76 Å². The van der Waals surface area contributed by atoms with E-state index in [4.69, 9.17) is 9.15 Å². The molecule has 0 spiro atoms. The van der Waals surface area contributed by atoms with Gasteiger partial charge in [0.15, 0.2) is 10.4 Å². The van der Waals surface area contributed by atoms with E-state index in [1.165, 1.54) is 18.4 Å². The van der Waals surface area contributed by atoms with Crippen molar-refractivity contribution >= 4 is 60.1 Å². The Bertz CT molecular complexity index is 931. The normalized spacial score (nSPS) is 10.5. The Kier molecular flexibility index (Phi) is 5.41. The Morgan fingerprint density at radius 1 is 1.12 bits per heavy atom. The third kappa shape index (κ3) is 3.86. The van der Waals surface area contributed by atoms with Crippen LogP contribution >= 0.6 is 43.2 Å². The molecule has 2 aromatic heterocycles. The monoisotopic (exact) mass is 483 g/mol. The first-order valence-electron chi connectivity index (χ1n) is 7.02. The molecule has 0 saturated carbocycles. The molecule has 0 aliphatic rings. The molecule has 0 atom stereocenters. The highest BCUT2D eigenvalue weighted by Gasteiger charge is 2.23. The van der Waals surface area contributed by atoms with Crippen LogP contribution in [0.1, 0.15) is 20.9 Å². The Morgan fingerprint density at radius 3 is 2.44 bits per heavy atom. The number of ether oxygens (including phenoxy) is 1. The van der Waals surface area contributed by atoms with Gasteiger partial charge in [-0.1, -0.05) is 28.1 Å². The topological polar surface area (TPSA) is 68.5 Å². The first-order chi connectivity index (χ1) is 12.0. The van der Waals surface area contributed by atoms with E-state index in [0.29, 0.717) is 20.8 Å². The summed E-state index contributed by atoms with van der Waals surface area (Å²) in [6.07, 6.45) is 0. The quantitative estimate of drug-likeness (QED) is 0.491. The third-order valence-electron chi connectivity index (χ3n) is 3.36. The molecular weight excluding hydrogens is 474 g/mol. The Hall–Kier alpha value is -1.90. The lowest BCUT2D eigenvalue weighted by Crippen LogP contribution is -2.13. The van der Waals surface area contributed by atoms with Gasteiger partial charge in [-0.05, 0) is 45.8 Å². The molecule has 1 amide bonds. The maximum absolute atomic E-state index is 12.3. The van der Waals surface area contributed by atoms with E-state index in [0.717, 1.165) is 10.0 Å². The summed E-state index contributed by atoms with van der Waals surface area (Å²) in [7, 11) is 1.31. The van der Waals surface area contributed by atoms with Crippen molar-refractivity contribution in [2.24, 2.45) is 0 Å². The van der Waals surface area contributed by atoms with Gasteiger partial charge < -0.3 is 14.5 Å². The molecule has 0 aliphatic carbocycles. The number of carbonyl (C=O) groups excluding carboxylic acids is 2. The van der Waals surface area contributed by atoms with Gasteiger partial charge in [0, 0.05) is 15.4 Å². The molecule has 0 aliphatic heterocycles. The molecule has 0 saturated heterocycles. The molecule has 0 bridgehead atoms. The molecule has 128 valence electrons. The van der Waals surface area contributed by atoms with E-state index in [1.54, 1.807) is 12.1 Å². The average Bonchev–Trinajstić information content (AvgIpc) is 3.21. The number of esters is 1. The number of benzene rings is 1. The Morgan fingerprint density at radius 2 is 1.84 bits per heavy atom. The fourth-order valence-corrected chi connectivity index (χ4v) is 3.72. The van der Waals surface area contributed by atoms with Crippen molar-refractivity contribution in [1.82, 2.24) is 0 Å². The lowest BCUT2D eigenvalue weighted by molar-refractivity contribution is 0.0603. The summed E-state index contributed by atoms with van der Waals surface area (Å²) in [4.78, 5) is 24.6. The van der Waals surface area contributed by atoms with Crippen LogP contribution in [0.3, 0.4) is 0 Å². The zero-order chi connectivity index (χ0) is 18.0. The van der Waals surface area contributed by atoms with E-state index in [1.807, 2.05) is 29.6 Å². The summed E-state index contributed by atoms with van der Waals surface area (Å²) in [6.45, 7) is 0. The number of carbonyl (C=O) groups is 2. The van der Waals surface area contributed by atoms with Gasteiger partial charge in [0.1, 0.15) is 10.6 Å². The van der Waals surface area contributed by atoms with Crippen molar-refractivity contribution in [1.29, 1.82) is 0 Å². The number of rotatable bonds is 4. The van der Waals surface area contributed by atoms with Crippen LogP contribution < -0.4 is 5.32 Å². The fourth-order valence-electron chi connectivity index (χ4n) is 2.20. The largest absolute Gasteiger partial charge is 0.465 e. The minimum Gasteiger partial charge on any atom is -0.465 e. The van der Waals surface area contributed by atoms with E-state index in [9.17, 15) is 9.59 Å². The van der Waals surface area contributed by atoms with Crippen LogP contribution in [0.15, 0.2) is 55.3 Å². The summed E-state index contributed by atoms with van der Waals surface area (Å²) in [6, 6.07) is 10.7. The molecule has 0 radical (unpaired) electrons. The number of thiophene rings is 1. The second kappa shape index (κ2) is 7.55. The zero-order valence-corrected chi connectivity index (χ0v) is 16.8. The summed E-state index contributed by atoms with van der Waals surface area (Å²) < 4.78 is 11.5. The molecule has 5 nitrogen and oxygen atoms in total. The van der Waals surface area contributed by atoms with Crippen LogP contribution in [-0.4, -0.2) is 19.0 Å². The van der Waals surface area contributed by atoms with Gasteiger partial charge in [-0.25, -0.2) is 4.79 Å². The van der Waals surface area contributed by atoms with Crippen molar-refractivity contribution in [2.45, 2.75) is 0 Å². The molecule has 0 fully saturated rings. The summed E-state index contributed by atoms with van der Waals surface area (Å²) in [5.74, 6) is -0.823. The van der Waals surface area contributed by atoms with Crippen LogP contribution in [0.25, 0.3) is 11.1 Å². The highest BCUT2D eigenvalue weighted by atomic mass is 79.9. The van der Waals surface area contributed by atoms with Crippen LogP contribution in [0.5, 0.6) is 0 Å². The highest BCUT2D eigenvalue weighted by Crippen LogP contribution is 2.37. The molecular formula is C17H11Br2NO4S. The highest BCUT2D eigenvalue weighted by molar-refractivity contribution is 9.10. The van der Waals surface area contributed by atoms with Crippen molar-refractivity contribution in [3.05, 3.63) is 62.2 Å². The molecule has 1 aromatic carbocycles. The number of methoxy groups -OCH3 is 1. The SMILES string of the molecule is COC(=O)c1c(-c2ccc(Br)cc2)csc1NC(=O)c1ccc(Br)o1. The van der Waals surface area contributed by atoms with Gasteiger partial charge in [-0.2, -0.15) is 0 Å². The standard InChI is InChI=1S/C17H11Br2NO4S/c1-23-17(22)14-11(9-2-4-10(18)5-3-9)8-25-16(14)20-15(21)12-6-7-13(19)24-12/h2-8H,1H3,(H,20,21). The van der Waals surface area contributed by atoms with Crippen LogP contribution in [-0.2, 0) is 4.74 Å². The third-order valence-corrected chi connectivity index (χ3v) is 5.21. The predicted molar refractivity (Wildman–Crippen MR) is 103 cm³/mol. The smallest absolute Gasteiger partial charge is 0.341 e. The van der Waals surface area contributed by atoms with E-state index in [2.05, 4.69) is 37.2 Å². The van der Waals surface area contributed by atoms with Gasteiger partial charge >= 0.3 is 5.97 Å². The first-order valence-corrected chi connectivity index (χ1v) is 9.48. The number of hydrogen-bond donors (Lipinski definition) is 1. The number of furan rings is 1. The molecule has 3 aromatic rings. The second-order valence-electron chi connectivity index (χ2n) is 4.91. The maximum Gasteiger partial charge on any atom is 0.341 e. The van der Waals surface area contributed by atoms with Gasteiger partial charge in [0.05, 0.1) is 7.11 Å². The van der Waals surface area contributed by atoms with E-state index < -0.39 is 11.9 Å². The van der Waals surface area contributed by atoms with Gasteiger partial charge in [-0.15, -0.1) is 11.3 Å². The van der Waals surface area contributed by atoms with Crippen LogP contribution in [0.4, 0.5) is 5.00 Å². The maximum atomic E-state index is 12.3. The first kappa shape index (κ1) is 17.9. The number of nitrogens with one attached hydrogen (secondary N) is 1. The molecule has 8 heteroatoms. The van der Waals surface area contributed by atoms with Crippen molar-refractivity contribution < 1.29 is 18.7 Å². The Labute approximate surface area is 164 Å². The van der Waals surface area contributed by atoms with Gasteiger partial charge in [0.25, 0.3) is 5.91 Å². The van der Waals surface area contributed by atoms with Gasteiger partial charge in [0.2, 0.25) is 0 Å². The summed E-state index contributed by atoms with van der Waals surface area (Å²) in [5, 5.41) is 4.93. The van der Waals surface area contributed by atoms with Crippen molar-refractivity contribution in [3.63, 3.8) is 0 Å². The molecule has 1 N–H and O–H groups in total. The van der Waals surface area contributed by atoms with Crippen LogP contribution in [0, 0.1) is 0 Å². The molecule has 25 heavy (non-hydrogen) atoms. The number of hydrogen-bond acceptors (Lipinski definition) is 5. The predicted octanol–water partition coefficient (Wildman–Crippen LogP) is 5.57. The minimum atomic E-state index is -0.518. The van der Waals surface area contributed by atoms with Gasteiger partial charge in [-0.3, -0.25) is 4.79 Å². The summed E-state index contributed by atoms with van der Waals surface area (Å²) in [5.41, 5.74) is 1.86. The number of anilines is 1. The lowest BCUT2D eigenvalue weighted by atomic mass is 10.0. The summed E-state index contributed by atoms with van der Waals surface area (Å²) >= 11 is 7.79. The molecule has 0 unspecified atom stereocenters. The number of amides is 1. The second-order valence-corrected chi connectivity index (χ2v) is 7.49. The zero-order valence-electron chi connectivity index (χ0n) is 12.8. The lowest BCUT2D eigenvalue weighted by Gasteiger charge is -2.07.